The fourth-order valence-electron chi connectivity index (χ4n) is 2.97. The second kappa shape index (κ2) is 6.62. The number of aromatic amines is 2. The van der Waals surface area contributed by atoms with Gasteiger partial charge in [0.15, 0.2) is 0 Å². The normalized spacial score (nSPS) is 10.9. The molecule has 0 saturated heterocycles. The first-order chi connectivity index (χ1) is 13.4. The van der Waals surface area contributed by atoms with Crippen molar-refractivity contribution < 1.29 is 9.59 Å². The van der Waals surface area contributed by atoms with Crippen molar-refractivity contribution in [2.75, 3.05) is 5.32 Å². The molecule has 0 aliphatic rings. The van der Waals surface area contributed by atoms with E-state index >= 15 is 0 Å². The molecule has 0 aliphatic carbocycles. The average Bonchev–Trinajstić information content (AvgIpc) is 3.23. The summed E-state index contributed by atoms with van der Waals surface area (Å²) in [7, 11) is 0. The minimum absolute atomic E-state index is 0.146. The summed E-state index contributed by atoms with van der Waals surface area (Å²) in [6.45, 7) is 3.40. The van der Waals surface area contributed by atoms with Crippen molar-refractivity contribution in [1.82, 2.24) is 24.7 Å². The van der Waals surface area contributed by atoms with Crippen molar-refractivity contribution in [3.05, 3.63) is 69.9 Å². The van der Waals surface area contributed by atoms with Gasteiger partial charge >= 0.3 is 0 Å². The molecule has 0 saturated carbocycles. The minimum atomic E-state index is -0.819. The Balaban J connectivity index is 1.67. The van der Waals surface area contributed by atoms with Crippen LogP contribution in [0, 0.1) is 13.8 Å². The molecule has 3 aromatic heterocycles. The van der Waals surface area contributed by atoms with Crippen LogP contribution in [0.25, 0.3) is 16.9 Å². The number of nitrogens with one attached hydrogen (secondary N) is 3. The summed E-state index contributed by atoms with van der Waals surface area (Å²) in [6.07, 6.45) is 1.51. The summed E-state index contributed by atoms with van der Waals surface area (Å²) in [5.41, 5.74) is 1.78. The Bertz CT molecular complexity index is 1280. The van der Waals surface area contributed by atoms with Crippen LogP contribution in [0.1, 0.15) is 21.7 Å². The van der Waals surface area contributed by atoms with Gasteiger partial charge in [-0.2, -0.15) is 9.78 Å². The number of amides is 1. The molecule has 28 heavy (non-hydrogen) atoms. The van der Waals surface area contributed by atoms with E-state index < -0.39 is 11.7 Å². The van der Waals surface area contributed by atoms with Crippen LogP contribution >= 0.6 is 0 Å². The molecule has 0 atom stereocenters. The molecular formula is C19H16N6O3. The van der Waals surface area contributed by atoms with Crippen LogP contribution in [0.5, 0.6) is 0 Å². The molecule has 140 valence electrons. The molecule has 0 aliphatic heterocycles. The Labute approximate surface area is 158 Å². The van der Waals surface area contributed by atoms with Crippen LogP contribution in [0.3, 0.4) is 0 Å². The molecule has 0 bridgehead atoms. The van der Waals surface area contributed by atoms with Gasteiger partial charge < -0.3 is 10.3 Å². The summed E-state index contributed by atoms with van der Waals surface area (Å²) >= 11 is 0. The lowest BCUT2D eigenvalue weighted by atomic mass is 10.1. The van der Waals surface area contributed by atoms with E-state index in [4.69, 9.17) is 0 Å². The van der Waals surface area contributed by atoms with Crippen molar-refractivity contribution in [1.29, 1.82) is 0 Å². The van der Waals surface area contributed by atoms with E-state index in [1.54, 1.807) is 32.0 Å². The molecule has 0 spiro atoms. The number of Topliss-reactive ketones (excluding diaryl/α,β-unsaturated/α-hetero) is 1. The first kappa shape index (κ1) is 17.4. The van der Waals surface area contributed by atoms with Crippen LogP contribution in [0.2, 0.25) is 0 Å². The number of benzene rings is 1. The number of H-pyrrole nitrogens is 2. The number of anilines is 1. The summed E-state index contributed by atoms with van der Waals surface area (Å²) in [6, 6.07) is 10.2. The van der Waals surface area contributed by atoms with E-state index in [1.165, 1.54) is 16.9 Å². The number of rotatable bonds is 4. The molecule has 4 rings (SSSR count). The Morgan fingerprint density at radius 1 is 1.11 bits per heavy atom. The maximum atomic E-state index is 12.7. The molecular weight excluding hydrogens is 360 g/mol. The van der Waals surface area contributed by atoms with E-state index in [9.17, 15) is 14.4 Å². The van der Waals surface area contributed by atoms with Crippen LogP contribution in [0.15, 0.2) is 47.4 Å². The van der Waals surface area contributed by atoms with Crippen LogP contribution < -0.4 is 10.9 Å². The van der Waals surface area contributed by atoms with Gasteiger partial charge in [0.1, 0.15) is 5.82 Å². The second-order valence-electron chi connectivity index (χ2n) is 6.32. The lowest BCUT2D eigenvalue weighted by Gasteiger charge is -2.07. The number of carbonyl (C=O) groups excluding carboxylic acids is 2. The second-order valence-corrected chi connectivity index (χ2v) is 6.32. The monoisotopic (exact) mass is 376 g/mol. The molecule has 0 fully saturated rings. The largest absolute Gasteiger partial charge is 0.360 e. The Morgan fingerprint density at radius 3 is 2.68 bits per heavy atom. The molecule has 9 nitrogen and oxygen atoms in total. The zero-order valence-corrected chi connectivity index (χ0v) is 15.1. The lowest BCUT2D eigenvalue weighted by molar-refractivity contribution is -0.112. The molecule has 1 aromatic carbocycles. The standard InChI is InChI=1S/C19H16N6O3/c1-10-8-16(26)23-19(21-10)25-15(7-11(2)24-25)22-18(28)17(27)13-9-20-14-6-4-3-5-12(13)14/h3-9,20H,1-2H3,(H,22,28)(H,21,23,26). The van der Waals surface area contributed by atoms with E-state index in [0.29, 0.717) is 16.8 Å². The quantitative estimate of drug-likeness (QED) is 0.370. The smallest absolute Gasteiger partial charge is 0.298 e. The highest BCUT2D eigenvalue weighted by Gasteiger charge is 2.22. The number of ketones is 1. The van der Waals surface area contributed by atoms with Gasteiger partial charge in [0.2, 0.25) is 5.95 Å². The summed E-state index contributed by atoms with van der Waals surface area (Å²) in [5.74, 6) is -1.13. The number of nitrogens with zero attached hydrogens (tertiary/aromatic N) is 3. The molecule has 4 aromatic rings. The molecule has 1 amide bonds. The number of hydrogen-bond donors (Lipinski definition) is 3. The van der Waals surface area contributed by atoms with Crippen molar-refractivity contribution in [3.8, 4) is 5.95 Å². The van der Waals surface area contributed by atoms with Gasteiger partial charge in [0, 0.05) is 34.9 Å². The zero-order chi connectivity index (χ0) is 19.8. The van der Waals surface area contributed by atoms with Crippen molar-refractivity contribution >= 4 is 28.4 Å². The molecule has 3 heterocycles. The third-order valence-electron chi connectivity index (χ3n) is 4.17. The fourth-order valence-corrected chi connectivity index (χ4v) is 2.97. The maximum absolute atomic E-state index is 12.7. The minimum Gasteiger partial charge on any atom is -0.360 e. The van der Waals surface area contributed by atoms with Crippen molar-refractivity contribution in [2.24, 2.45) is 0 Å². The zero-order valence-electron chi connectivity index (χ0n) is 15.1. The van der Waals surface area contributed by atoms with Crippen LogP contribution in [-0.2, 0) is 4.79 Å². The number of carbonyl (C=O) groups is 2. The highest BCUT2D eigenvalue weighted by Crippen LogP contribution is 2.19. The van der Waals surface area contributed by atoms with Gasteiger partial charge in [-0.25, -0.2) is 4.98 Å². The Morgan fingerprint density at radius 2 is 1.89 bits per heavy atom. The molecule has 3 N–H and O–H groups in total. The number of aromatic nitrogens is 5. The topological polar surface area (TPSA) is 126 Å². The predicted molar refractivity (Wildman–Crippen MR) is 103 cm³/mol. The lowest BCUT2D eigenvalue weighted by Crippen LogP contribution is -2.25. The maximum Gasteiger partial charge on any atom is 0.298 e. The van der Waals surface area contributed by atoms with Gasteiger partial charge in [0.05, 0.1) is 11.3 Å². The summed E-state index contributed by atoms with van der Waals surface area (Å²) in [5, 5.41) is 7.46. The average molecular weight is 376 g/mol. The fraction of sp³-hybridized carbons (Fsp3) is 0.105. The van der Waals surface area contributed by atoms with Crippen LogP contribution in [-0.4, -0.2) is 36.4 Å². The first-order valence-electron chi connectivity index (χ1n) is 8.49. The number of hydrogen-bond acceptors (Lipinski definition) is 5. The Hall–Kier alpha value is -4.01. The number of para-hydroxylation sites is 1. The number of aryl methyl sites for hydroxylation is 2. The third-order valence-corrected chi connectivity index (χ3v) is 4.17. The molecule has 0 unspecified atom stereocenters. The highest BCUT2D eigenvalue weighted by molar-refractivity contribution is 6.48. The molecule has 9 heteroatoms. The van der Waals surface area contributed by atoms with Gasteiger partial charge in [0.25, 0.3) is 17.2 Å². The molecule has 0 radical (unpaired) electrons. The van der Waals surface area contributed by atoms with E-state index in [0.717, 1.165) is 5.52 Å². The van der Waals surface area contributed by atoms with E-state index in [1.807, 2.05) is 12.1 Å². The SMILES string of the molecule is Cc1cc(=O)[nH]c(-n2nc(C)cc2NC(=O)C(=O)c2c[nH]c3ccccc23)n1. The summed E-state index contributed by atoms with van der Waals surface area (Å²) in [4.78, 5) is 46.7. The predicted octanol–water partition coefficient (Wildman–Crippen LogP) is 1.88. The van der Waals surface area contributed by atoms with Gasteiger partial charge in [-0.1, -0.05) is 18.2 Å². The van der Waals surface area contributed by atoms with Crippen molar-refractivity contribution in [3.63, 3.8) is 0 Å². The van der Waals surface area contributed by atoms with Crippen molar-refractivity contribution in [2.45, 2.75) is 13.8 Å². The van der Waals surface area contributed by atoms with Crippen LogP contribution in [0.4, 0.5) is 5.82 Å². The third kappa shape index (κ3) is 3.09. The summed E-state index contributed by atoms with van der Waals surface area (Å²) < 4.78 is 1.28. The Kier molecular flexibility index (Phi) is 4.11. The van der Waals surface area contributed by atoms with E-state index in [-0.39, 0.29) is 22.9 Å². The van der Waals surface area contributed by atoms with Gasteiger partial charge in [-0.15, -0.1) is 0 Å². The van der Waals surface area contributed by atoms with Gasteiger partial charge in [-0.3, -0.25) is 19.4 Å². The van der Waals surface area contributed by atoms with E-state index in [2.05, 4.69) is 25.4 Å². The highest BCUT2D eigenvalue weighted by atomic mass is 16.2. The van der Waals surface area contributed by atoms with Gasteiger partial charge in [-0.05, 0) is 19.9 Å². The number of fused-ring (bicyclic) bond motifs is 1. The first-order valence-corrected chi connectivity index (χ1v) is 8.49.